The topological polar surface area (TPSA) is 177 Å². The molecular weight excluding hydrogens is 877 g/mol. The van der Waals surface area contributed by atoms with Gasteiger partial charge in [-0.3, -0.25) is 14.4 Å². The minimum atomic E-state index is -0.853. The number of aliphatic hydroxyl groups excluding tert-OH is 3. The summed E-state index contributed by atoms with van der Waals surface area (Å²) in [7, 11) is 0. The van der Waals surface area contributed by atoms with E-state index in [4.69, 9.17) is 28.4 Å². The molecule has 3 rings (SSSR count). The molecule has 0 aromatic rings. The van der Waals surface area contributed by atoms with Gasteiger partial charge >= 0.3 is 17.9 Å². The molecule has 12 heteroatoms. The number of esters is 3. The Kier molecular flexibility index (Phi) is 35.3. The van der Waals surface area contributed by atoms with Crippen LogP contribution in [0, 0.1) is 0 Å². The van der Waals surface area contributed by atoms with Crippen LogP contribution in [-0.4, -0.2) is 107 Å². The third kappa shape index (κ3) is 33.5. The third-order valence-corrected chi connectivity index (χ3v) is 14.6. The van der Waals surface area contributed by atoms with Crippen molar-refractivity contribution in [2.75, 3.05) is 13.2 Å². The molecule has 3 heterocycles. The Morgan fingerprint density at radius 1 is 0.406 bits per heavy atom. The van der Waals surface area contributed by atoms with Gasteiger partial charge in [0, 0.05) is 38.5 Å². The van der Waals surface area contributed by atoms with Crippen molar-refractivity contribution in [3.05, 3.63) is 0 Å². The van der Waals surface area contributed by atoms with Gasteiger partial charge in [0.2, 0.25) is 0 Å². The normalized spacial score (nSPS) is 22.2. The van der Waals surface area contributed by atoms with E-state index in [1.54, 1.807) is 0 Å². The van der Waals surface area contributed by atoms with Gasteiger partial charge < -0.3 is 43.7 Å². The Morgan fingerprint density at radius 2 is 0.768 bits per heavy atom. The zero-order valence-corrected chi connectivity index (χ0v) is 44.3. The number of unbranched alkanes of at least 4 members (excludes halogenated alkanes) is 22. The first-order chi connectivity index (χ1) is 33.6. The minimum absolute atomic E-state index is 0.144. The lowest BCUT2D eigenvalue weighted by Crippen LogP contribution is -2.30. The van der Waals surface area contributed by atoms with Crippen LogP contribution in [0.1, 0.15) is 271 Å². The summed E-state index contributed by atoms with van der Waals surface area (Å²) in [6.45, 7) is 6.29. The van der Waals surface area contributed by atoms with Gasteiger partial charge in [0.25, 0.3) is 0 Å². The van der Waals surface area contributed by atoms with Crippen LogP contribution in [0.15, 0.2) is 0 Å². The van der Waals surface area contributed by atoms with Gasteiger partial charge in [0.1, 0.15) is 13.2 Å². The lowest BCUT2D eigenvalue weighted by atomic mass is 10.0. The maximum atomic E-state index is 12.9. The number of epoxide rings is 3. The molecule has 3 aliphatic heterocycles. The maximum absolute atomic E-state index is 12.9. The Morgan fingerprint density at radius 3 is 1.23 bits per heavy atom. The number of carbonyl (C=O) groups excluding carboxylic acids is 3. The van der Waals surface area contributed by atoms with Crippen molar-refractivity contribution in [1.82, 2.24) is 0 Å². The molecule has 404 valence electrons. The Balaban J connectivity index is 1.23. The summed E-state index contributed by atoms with van der Waals surface area (Å²) in [6, 6.07) is 0. The van der Waals surface area contributed by atoms with Crippen molar-refractivity contribution in [2.45, 2.75) is 332 Å². The van der Waals surface area contributed by atoms with Gasteiger partial charge in [-0.1, -0.05) is 175 Å². The first-order valence-electron chi connectivity index (χ1n) is 29.1. The second kappa shape index (κ2) is 39.7. The highest BCUT2D eigenvalue weighted by atomic mass is 16.6. The van der Waals surface area contributed by atoms with Crippen molar-refractivity contribution in [1.29, 1.82) is 0 Å². The second-order valence-electron chi connectivity index (χ2n) is 21.2. The molecule has 0 aliphatic carbocycles. The van der Waals surface area contributed by atoms with E-state index in [0.717, 1.165) is 161 Å². The number of hydrogen-bond donors (Lipinski definition) is 3. The molecule has 3 aliphatic rings. The predicted molar refractivity (Wildman–Crippen MR) is 273 cm³/mol. The highest BCUT2D eigenvalue weighted by Gasteiger charge is 2.47. The first kappa shape index (κ1) is 61.5. The number of aliphatic hydroxyl groups is 3. The molecule has 69 heavy (non-hydrogen) atoms. The van der Waals surface area contributed by atoms with Gasteiger partial charge in [0.15, 0.2) is 6.10 Å². The molecule has 0 aromatic heterocycles. The molecule has 10 atom stereocenters. The van der Waals surface area contributed by atoms with Crippen LogP contribution in [0.3, 0.4) is 0 Å². The van der Waals surface area contributed by atoms with E-state index in [9.17, 15) is 29.7 Å². The van der Waals surface area contributed by atoms with Gasteiger partial charge in [-0.25, -0.2) is 0 Å². The number of carbonyl (C=O) groups is 3. The predicted octanol–water partition coefficient (Wildman–Crippen LogP) is 12.6. The molecule has 0 aromatic carbocycles. The summed E-state index contributed by atoms with van der Waals surface area (Å²) >= 11 is 0. The van der Waals surface area contributed by atoms with Crippen LogP contribution >= 0.6 is 0 Å². The smallest absolute Gasteiger partial charge is 0.306 e. The monoisotopic (exact) mass is 981 g/mol. The van der Waals surface area contributed by atoms with Gasteiger partial charge in [-0.15, -0.1) is 0 Å². The molecule has 3 N–H and O–H groups in total. The molecule has 10 unspecified atom stereocenters. The zero-order chi connectivity index (χ0) is 49.7. The van der Waals surface area contributed by atoms with Crippen molar-refractivity contribution >= 4 is 17.9 Å². The highest BCUT2D eigenvalue weighted by Crippen LogP contribution is 2.38. The standard InChI is InChI=1S/C57H104O12/c1-4-7-9-10-17-25-32-45(58)33-26-18-11-14-21-29-37-55(61)64-43-48(66-57(63)39-31-23-16-13-20-27-34-46(59)40-51-50(68-51)36-24-8-5-2)44-65-56(62)38-30-22-15-12-19-28-35-47(60)41-52-54(69-52)42-53-49(6-3)67-53/h45-54,58-60H,4-44H2,1-3H3. The lowest BCUT2D eigenvalue weighted by molar-refractivity contribution is -0.167. The molecule has 3 fully saturated rings. The average molecular weight is 981 g/mol. The summed E-state index contributed by atoms with van der Waals surface area (Å²) in [5.74, 6) is -1.08. The maximum Gasteiger partial charge on any atom is 0.306 e. The van der Waals surface area contributed by atoms with E-state index in [1.165, 1.54) is 51.4 Å². The number of rotatable bonds is 50. The van der Waals surface area contributed by atoms with Crippen LogP contribution in [0.25, 0.3) is 0 Å². The summed E-state index contributed by atoms with van der Waals surface area (Å²) in [4.78, 5) is 38.3. The summed E-state index contributed by atoms with van der Waals surface area (Å²) in [6.07, 6.45) is 37.3. The average Bonchev–Trinajstić information content (AvgIpc) is 4.29. The summed E-state index contributed by atoms with van der Waals surface area (Å²) in [5, 5.41) is 31.2. The Hall–Kier alpha value is -1.83. The fraction of sp³-hybridized carbons (Fsp3) is 0.947. The van der Waals surface area contributed by atoms with Crippen molar-refractivity contribution in [3.63, 3.8) is 0 Å². The fourth-order valence-corrected chi connectivity index (χ4v) is 9.83. The second-order valence-corrected chi connectivity index (χ2v) is 21.2. The van der Waals surface area contributed by atoms with Crippen LogP contribution in [0.4, 0.5) is 0 Å². The van der Waals surface area contributed by atoms with E-state index >= 15 is 0 Å². The van der Waals surface area contributed by atoms with Crippen molar-refractivity contribution in [2.24, 2.45) is 0 Å². The van der Waals surface area contributed by atoms with Crippen molar-refractivity contribution in [3.8, 4) is 0 Å². The Bertz CT molecular complexity index is 1280. The molecule has 0 radical (unpaired) electrons. The van der Waals surface area contributed by atoms with E-state index in [1.807, 2.05) is 0 Å². The van der Waals surface area contributed by atoms with E-state index in [2.05, 4.69) is 20.8 Å². The van der Waals surface area contributed by atoms with Crippen LogP contribution in [-0.2, 0) is 42.8 Å². The van der Waals surface area contributed by atoms with Crippen molar-refractivity contribution < 1.29 is 58.1 Å². The van der Waals surface area contributed by atoms with Crippen LogP contribution in [0.2, 0.25) is 0 Å². The summed E-state index contributed by atoms with van der Waals surface area (Å²) in [5.41, 5.74) is 0. The molecule has 12 nitrogen and oxygen atoms in total. The Labute approximate surface area is 420 Å². The van der Waals surface area contributed by atoms with Gasteiger partial charge in [-0.05, 0) is 57.8 Å². The van der Waals surface area contributed by atoms with Gasteiger partial charge in [-0.2, -0.15) is 0 Å². The fourth-order valence-electron chi connectivity index (χ4n) is 9.83. The third-order valence-electron chi connectivity index (χ3n) is 14.6. The van der Waals surface area contributed by atoms with E-state index < -0.39 is 6.10 Å². The molecular formula is C57H104O12. The number of ether oxygens (including phenoxy) is 6. The molecule has 0 saturated carbocycles. The number of hydrogen-bond acceptors (Lipinski definition) is 12. The lowest BCUT2D eigenvalue weighted by Gasteiger charge is -2.18. The SMILES string of the molecule is CCCCCCCCC(O)CCCCCCCCC(=O)OCC(COC(=O)CCCCCCCCC(O)CC1OC1CC1OC1CC)OC(=O)CCCCCCCCC(O)CC1OC1CCCCC. The molecule has 3 saturated heterocycles. The molecule has 0 bridgehead atoms. The largest absolute Gasteiger partial charge is 0.462 e. The van der Waals surface area contributed by atoms with E-state index in [-0.39, 0.29) is 87.0 Å². The summed E-state index contributed by atoms with van der Waals surface area (Å²) < 4.78 is 33.9. The highest BCUT2D eigenvalue weighted by molar-refractivity contribution is 5.71. The van der Waals surface area contributed by atoms with E-state index in [0.29, 0.717) is 37.6 Å². The quantitative estimate of drug-likeness (QED) is 0.0228. The zero-order valence-electron chi connectivity index (χ0n) is 44.3. The molecule has 0 amide bonds. The first-order valence-corrected chi connectivity index (χ1v) is 29.1. The van der Waals surface area contributed by atoms with Crippen LogP contribution < -0.4 is 0 Å². The molecule has 0 spiro atoms. The van der Waals surface area contributed by atoms with Crippen LogP contribution in [0.5, 0.6) is 0 Å². The minimum Gasteiger partial charge on any atom is -0.462 e. The van der Waals surface area contributed by atoms with Gasteiger partial charge in [0.05, 0.1) is 54.9 Å².